The fourth-order valence-electron chi connectivity index (χ4n) is 2.33. The van der Waals surface area contributed by atoms with Gasteiger partial charge in [0.25, 0.3) is 11.8 Å². The Labute approximate surface area is 168 Å². The first kappa shape index (κ1) is 21.9. The third-order valence-electron chi connectivity index (χ3n) is 3.67. The summed E-state index contributed by atoms with van der Waals surface area (Å²) in [7, 11) is 1.44. The predicted molar refractivity (Wildman–Crippen MR) is 104 cm³/mol. The van der Waals surface area contributed by atoms with Gasteiger partial charge in [-0.1, -0.05) is 11.3 Å². The number of ether oxygens (including phenoxy) is 2. The van der Waals surface area contributed by atoms with E-state index in [0.29, 0.717) is 23.8 Å². The normalized spacial score (nSPS) is 14.4. The van der Waals surface area contributed by atoms with Crippen molar-refractivity contribution >= 4 is 34.4 Å². The van der Waals surface area contributed by atoms with E-state index in [0.717, 1.165) is 23.1 Å². The lowest BCUT2D eigenvalue weighted by atomic mass is 10.2. The van der Waals surface area contributed by atoms with Crippen molar-refractivity contribution < 1.29 is 23.9 Å². The van der Waals surface area contributed by atoms with Crippen molar-refractivity contribution in [1.29, 1.82) is 0 Å². The molecule has 2 N–H and O–H groups in total. The van der Waals surface area contributed by atoms with Crippen LogP contribution in [0, 0.1) is 6.92 Å². The van der Waals surface area contributed by atoms with Crippen LogP contribution in [0.4, 0.5) is 9.93 Å². The van der Waals surface area contributed by atoms with Crippen molar-refractivity contribution in [2.75, 3.05) is 44.8 Å². The minimum atomic E-state index is -0.655. The molecular weight excluding hydrogens is 386 g/mol. The summed E-state index contributed by atoms with van der Waals surface area (Å²) < 4.78 is 10.5. The van der Waals surface area contributed by atoms with Crippen LogP contribution in [0.3, 0.4) is 0 Å². The van der Waals surface area contributed by atoms with Gasteiger partial charge in [-0.05, 0) is 27.7 Å². The van der Waals surface area contributed by atoms with Gasteiger partial charge in [-0.15, -0.1) is 0 Å². The van der Waals surface area contributed by atoms with Gasteiger partial charge >= 0.3 is 6.09 Å². The molecule has 2 rings (SSSR count). The van der Waals surface area contributed by atoms with Crippen LogP contribution in [-0.2, 0) is 14.3 Å². The van der Waals surface area contributed by atoms with Gasteiger partial charge in [0, 0.05) is 20.1 Å². The Balaban J connectivity index is 1.85. The van der Waals surface area contributed by atoms with E-state index in [-0.39, 0.29) is 6.54 Å². The summed E-state index contributed by atoms with van der Waals surface area (Å²) in [6, 6.07) is 0. The Bertz CT molecular complexity index is 724. The van der Waals surface area contributed by atoms with Crippen LogP contribution in [0.1, 0.15) is 36.1 Å². The van der Waals surface area contributed by atoms with Crippen LogP contribution in [0.5, 0.6) is 0 Å². The highest BCUT2D eigenvalue weighted by Crippen LogP contribution is 2.26. The van der Waals surface area contributed by atoms with E-state index in [4.69, 9.17) is 9.47 Å². The van der Waals surface area contributed by atoms with Crippen LogP contribution in [-0.4, -0.2) is 73.3 Å². The summed E-state index contributed by atoms with van der Waals surface area (Å²) >= 11 is 1.26. The van der Waals surface area contributed by atoms with Crippen molar-refractivity contribution in [3.05, 3.63) is 10.6 Å². The lowest BCUT2D eigenvalue weighted by molar-refractivity contribution is -0.122. The molecule has 0 spiro atoms. The molecule has 0 atom stereocenters. The van der Waals surface area contributed by atoms with Crippen molar-refractivity contribution in [3.8, 4) is 0 Å². The molecule has 0 radical (unpaired) electrons. The van der Waals surface area contributed by atoms with Crippen LogP contribution in [0.25, 0.3) is 0 Å². The molecule has 1 saturated heterocycles. The fourth-order valence-corrected chi connectivity index (χ4v) is 3.34. The molecular formula is C17H27N5O5S. The van der Waals surface area contributed by atoms with E-state index in [9.17, 15) is 14.4 Å². The largest absolute Gasteiger partial charge is 0.444 e. The lowest BCUT2D eigenvalue weighted by Crippen LogP contribution is -2.47. The molecule has 0 bridgehead atoms. The number of rotatable bonds is 4. The standard InChI is InChI=1S/C17H27N5O5S/c1-11-13(28-15(18-11)22-6-8-26-9-7-22)14(24)20-19-12(23)10-21(5)16(25)27-17(2,3)4/h6-10H2,1-5H3,(H,19,23)(H,20,24). The number of morpholine rings is 1. The Morgan fingerprint density at radius 1 is 1.25 bits per heavy atom. The number of carbonyl (C=O) groups is 3. The van der Waals surface area contributed by atoms with E-state index >= 15 is 0 Å². The first-order valence-electron chi connectivity index (χ1n) is 8.90. The van der Waals surface area contributed by atoms with Gasteiger partial charge in [0.1, 0.15) is 17.0 Å². The monoisotopic (exact) mass is 413 g/mol. The Kier molecular flexibility index (Phi) is 7.19. The number of amides is 3. The average Bonchev–Trinajstić information content (AvgIpc) is 3.01. The number of aryl methyl sites for hydroxylation is 1. The number of hydrazine groups is 1. The van der Waals surface area contributed by atoms with Crippen LogP contribution < -0.4 is 15.8 Å². The summed E-state index contributed by atoms with van der Waals surface area (Å²) in [4.78, 5) is 44.3. The topological polar surface area (TPSA) is 113 Å². The zero-order valence-electron chi connectivity index (χ0n) is 16.8. The first-order chi connectivity index (χ1) is 13.1. The molecule has 3 amide bonds. The number of carbonyl (C=O) groups excluding carboxylic acids is 3. The molecule has 0 unspecified atom stereocenters. The zero-order chi connectivity index (χ0) is 20.9. The second-order valence-electron chi connectivity index (χ2n) is 7.35. The molecule has 0 aliphatic carbocycles. The number of anilines is 1. The molecule has 1 aromatic heterocycles. The number of nitrogens with zero attached hydrogens (tertiary/aromatic N) is 3. The van der Waals surface area contributed by atoms with E-state index < -0.39 is 23.5 Å². The van der Waals surface area contributed by atoms with Crippen molar-refractivity contribution in [3.63, 3.8) is 0 Å². The molecule has 156 valence electrons. The molecule has 1 aliphatic rings. The fraction of sp³-hybridized carbons (Fsp3) is 0.647. The average molecular weight is 414 g/mol. The number of hydrogen-bond donors (Lipinski definition) is 2. The minimum Gasteiger partial charge on any atom is -0.444 e. The number of thiazole rings is 1. The van der Waals surface area contributed by atoms with Crippen molar-refractivity contribution in [2.24, 2.45) is 0 Å². The van der Waals surface area contributed by atoms with Crippen LogP contribution >= 0.6 is 11.3 Å². The van der Waals surface area contributed by atoms with Gasteiger partial charge in [-0.25, -0.2) is 9.78 Å². The highest BCUT2D eigenvalue weighted by molar-refractivity contribution is 7.17. The summed E-state index contributed by atoms with van der Waals surface area (Å²) in [6.07, 6.45) is -0.623. The first-order valence-corrected chi connectivity index (χ1v) is 9.72. The van der Waals surface area contributed by atoms with Crippen molar-refractivity contribution in [2.45, 2.75) is 33.3 Å². The van der Waals surface area contributed by atoms with Gasteiger partial charge in [-0.3, -0.25) is 20.4 Å². The van der Waals surface area contributed by atoms with Crippen LogP contribution in [0.15, 0.2) is 0 Å². The Morgan fingerprint density at radius 3 is 2.50 bits per heavy atom. The Hall–Kier alpha value is -2.40. The van der Waals surface area contributed by atoms with E-state index in [1.54, 1.807) is 27.7 Å². The van der Waals surface area contributed by atoms with Crippen molar-refractivity contribution in [1.82, 2.24) is 20.7 Å². The second kappa shape index (κ2) is 9.20. The van der Waals surface area contributed by atoms with E-state index in [2.05, 4.69) is 20.7 Å². The minimum absolute atomic E-state index is 0.254. The highest BCUT2D eigenvalue weighted by Gasteiger charge is 2.23. The van der Waals surface area contributed by atoms with E-state index in [1.165, 1.54) is 18.4 Å². The molecule has 2 heterocycles. The smallest absolute Gasteiger partial charge is 0.410 e. The van der Waals surface area contributed by atoms with Gasteiger partial charge in [0.05, 0.1) is 18.9 Å². The van der Waals surface area contributed by atoms with E-state index in [1.807, 2.05) is 0 Å². The molecule has 1 aliphatic heterocycles. The SMILES string of the molecule is Cc1nc(N2CCOCC2)sc1C(=O)NNC(=O)CN(C)C(=O)OC(C)(C)C. The summed E-state index contributed by atoms with van der Waals surface area (Å²) in [5, 5.41) is 0.752. The Morgan fingerprint density at radius 2 is 1.89 bits per heavy atom. The summed E-state index contributed by atoms with van der Waals surface area (Å²) in [5.41, 5.74) is 4.59. The van der Waals surface area contributed by atoms with Gasteiger partial charge < -0.3 is 19.3 Å². The van der Waals surface area contributed by atoms with Gasteiger partial charge in [0.2, 0.25) is 0 Å². The molecule has 0 saturated carbocycles. The number of nitrogens with one attached hydrogen (secondary N) is 2. The molecule has 1 aromatic rings. The highest BCUT2D eigenvalue weighted by atomic mass is 32.1. The molecule has 11 heteroatoms. The second-order valence-corrected chi connectivity index (χ2v) is 8.33. The maximum atomic E-state index is 12.4. The molecule has 10 nitrogen and oxygen atoms in total. The summed E-state index contributed by atoms with van der Waals surface area (Å²) in [5.74, 6) is -1.000. The quantitative estimate of drug-likeness (QED) is 0.706. The number of likely N-dealkylation sites (N-methyl/N-ethyl adjacent to an activating group) is 1. The lowest BCUT2D eigenvalue weighted by Gasteiger charge is -2.26. The van der Waals surface area contributed by atoms with Crippen LogP contribution in [0.2, 0.25) is 0 Å². The maximum absolute atomic E-state index is 12.4. The third kappa shape index (κ3) is 6.34. The van der Waals surface area contributed by atoms with Gasteiger partial charge in [0.15, 0.2) is 5.13 Å². The maximum Gasteiger partial charge on any atom is 0.410 e. The van der Waals surface area contributed by atoms with Gasteiger partial charge in [-0.2, -0.15) is 0 Å². The zero-order valence-corrected chi connectivity index (χ0v) is 17.6. The summed E-state index contributed by atoms with van der Waals surface area (Å²) in [6.45, 7) is 9.40. The predicted octanol–water partition coefficient (Wildman–Crippen LogP) is 0.916. The molecule has 1 fully saturated rings. The number of hydrogen-bond acceptors (Lipinski definition) is 8. The molecule has 0 aromatic carbocycles. The number of aromatic nitrogens is 1. The third-order valence-corrected chi connectivity index (χ3v) is 4.89. The molecule has 28 heavy (non-hydrogen) atoms.